The summed E-state index contributed by atoms with van der Waals surface area (Å²) in [6, 6.07) is 16.1. The predicted molar refractivity (Wildman–Crippen MR) is 130 cm³/mol. The zero-order valence-corrected chi connectivity index (χ0v) is 19.5. The maximum absolute atomic E-state index is 13.8. The molecule has 6 nitrogen and oxygen atoms in total. The van der Waals surface area contributed by atoms with Crippen LogP contribution in [0.4, 0.5) is 13.2 Å². The van der Waals surface area contributed by atoms with E-state index in [0.717, 1.165) is 11.1 Å². The number of furan rings is 1. The summed E-state index contributed by atoms with van der Waals surface area (Å²) in [5.41, 5.74) is -0.915. The van der Waals surface area contributed by atoms with Gasteiger partial charge in [0.15, 0.2) is 0 Å². The van der Waals surface area contributed by atoms with Crippen LogP contribution in [0.15, 0.2) is 91.7 Å². The molecule has 0 unspecified atom stereocenters. The minimum absolute atomic E-state index is 0.0332. The van der Waals surface area contributed by atoms with Gasteiger partial charge in [-0.3, -0.25) is 4.79 Å². The van der Waals surface area contributed by atoms with Crippen molar-refractivity contribution in [1.82, 2.24) is 5.01 Å². The van der Waals surface area contributed by atoms with Crippen LogP contribution in [0.1, 0.15) is 34.9 Å². The number of para-hydroxylation sites is 1. The molecule has 0 saturated heterocycles. The molecule has 0 N–H and O–H groups in total. The Hall–Kier alpha value is -3.79. The number of carbonyl (C=O) groups is 1. The summed E-state index contributed by atoms with van der Waals surface area (Å²) in [6.45, 7) is 0. The molecule has 1 aliphatic heterocycles. The Balaban J connectivity index is 1.51. The quantitative estimate of drug-likeness (QED) is 0.296. The Labute approximate surface area is 207 Å². The van der Waals surface area contributed by atoms with Gasteiger partial charge in [0, 0.05) is 11.8 Å². The predicted octanol–water partition coefficient (Wildman–Crippen LogP) is 6.02. The lowest BCUT2D eigenvalue weighted by atomic mass is 9.94. The zero-order valence-electron chi connectivity index (χ0n) is 18.7. The second kappa shape index (κ2) is 9.69. The number of thioether (sulfide) groups is 1. The number of halogens is 3. The number of fused-ring (bicyclic) bond motifs is 1. The number of hydrazone groups is 1. The van der Waals surface area contributed by atoms with Crippen LogP contribution in [0.5, 0.6) is 0 Å². The highest BCUT2D eigenvalue weighted by Crippen LogP contribution is 2.40. The number of hydrogen-bond acceptors (Lipinski definition) is 6. The van der Waals surface area contributed by atoms with Gasteiger partial charge < -0.3 is 8.83 Å². The number of rotatable bonds is 6. The second-order valence-electron chi connectivity index (χ2n) is 8.15. The van der Waals surface area contributed by atoms with Crippen molar-refractivity contribution in [2.75, 3.05) is 5.75 Å². The highest BCUT2D eigenvalue weighted by atomic mass is 32.2. The van der Waals surface area contributed by atoms with E-state index >= 15 is 0 Å². The fourth-order valence-corrected chi connectivity index (χ4v) is 4.93. The van der Waals surface area contributed by atoms with Crippen molar-refractivity contribution in [1.29, 1.82) is 0 Å². The van der Waals surface area contributed by atoms with Gasteiger partial charge >= 0.3 is 11.8 Å². The third-order valence-corrected chi connectivity index (χ3v) is 6.73. The first-order valence-electron chi connectivity index (χ1n) is 11.0. The molecule has 36 heavy (non-hydrogen) atoms. The fraction of sp³-hybridized carbons (Fsp3) is 0.192. The minimum Gasteiger partial charge on any atom is -0.468 e. The van der Waals surface area contributed by atoms with Gasteiger partial charge in [0.2, 0.25) is 0 Å². The van der Waals surface area contributed by atoms with Crippen molar-refractivity contribution in [3.05, 3.63) is 106 Å². The Bertz CT molecular complexity index is 1500. The maximum Gasteiger partial charge on any atom is 0.416 e. The molecule has 4 aromatic rings. The summed E-state index contributed by atoms with van der Waals surface area (Å²) in [7, 11) is 0. The molecule has 10 heteroatoms. The Morgan fingerprint density at radius 3 is 2.64 bits per heavy atom. The molecule has 0 saturated carbocycles. The van der Waals surface area contributed by atoms with Crippen LogP contribution in [-0.2, 0) is 16.7 Å². The molecular formula is C26H19F3N2O4S. The average molecular weight is 513 g/mol. The van der Waals surface area contributed by atoms with E-state index < -0.39 is 29.3 Å². The molecule has 1 amide bonds. The largest absolute Gasteiger partial charge is 0.468 e. The van der Waals surface area contributed by atoms with Crippen LogP contribution in [0, 0.1) is 0 Å². The first-order chi connectivity index (χ1) is 17.3. The van der Waals surface area contributed by atoms with Gasteiger partial charge in [-0.15, -0.1) is 11.8 Å². The molecule has 5 rings (SSSR count). The first kappa shape index (κ1) is 23.9. The van der Waals surface area contributed by atoms with Crippen LogP contribution >= 0.6 is 11.8 Å². The Morgan fingerprint density at radius 2 is 1.86 bits per heavy atom. The van der Waals surface area contributed by atoms with Crippen molar-refractivity contribution >= 4 is 34.3 Å². The van der Waals surface area contributed by atoms with E-state index in [1.807, 2.05) is 0 Å². The SMILES string of the molecule is O=C(CSCc1ccco1)N1N=C(c2cc3ccccc3oc2=O)C[C@@H]1c1ccccc1C(F)(F)F. The summed E-state index contributed by atoms with van der Waals surface area (Å²) in [6.07, 6.45) is -3.16. The van der Waals surface area contributed by atoms with Crippen LogP contribution in [-0.4, -0.2) is 22.4 Å². The van der Waals surface area contributed by atoms with Gasteiger partial charge in [-0.2, -0.15) is 18.3 Å². The normalized spacial score (nSPS) is 15.9. The number of nitrogens with zero attached hydrogens (tertiary/aromatic N) is 2. The summed E-state index contributed by atoms with van der Waals surface area (Å²) in [4.78, 5) is 25.9. The van der Waals surface area contributed by atoms with Gasteiger partial charge in [0.05, 0.1) is 40.6 Å². The van der Waals surface area contributed by atoms with Crippen molar-refractivity contribution in [3.63, 3.8) is 0 Å². The molecule has 0 spiro atoms. The lowest BCUT2D eigenvalue weighted by Gasteiger charge is -2.24. The lowest BCUT2D eigenvalue weighted by molar-refractivity contribution is -0.140. The zero-order chi connectivity index (χ0) is 25.3. The molecule has 0 bridgehead atoms. The fourth-order valence-electron chi connectivity index (χ4n) is 4.15. The van der Waals surface area contributed by atoms with Crippen molar-refractivity contribution in [2.24, 2.45) is 5.10 Å². The number of carbonyl (C=O) groups excluding carboxylic acids is 1. The van der Waals surface area contributed by atoms with Crippen molar-refractivity contribution < 1.29 is 26.8 Å². The Kier molecular flexibility index (Phi) is 6.44. The van der Waals surface area contributed by atoms with Crippen molar-refractivity contribution in [3.8, 4) is 0 Å². The molecule has 0 fully saturated rings. The average Bonchev–Trinajstić information content (AvgIpc) is 3.53. The van der Waals surface area contributed by atoms with E-state index in [-0.39, 0.29) is 29.0 Å². The van der Waals surface area contributed by atoms with Gasteiger partial charge in [-0.25, -0.2) is 9.80 Å². The van der Waals surface area contributed by atoms with Gasteiger partial charge in [-0.05, 0) is 35.9 Å². The third kappa shape index (κ3) is 4.81. The monoisotopic (exact) mass is 512 g/mol. The van der Waals surface area contributed by atoms with Crippen LogP contribution in [0.3, 0.4) is 0 Å². The molecule has 0 radical (unpaired) electrons. The van der Waals surface area contributed by atoms with E-state index in [1.165, 1.54) is 36.2 Å². The maximum atomic E-state index is 13.8. The van der Waals surface area contributed by atoms with Crippen LogP contribution < -0.4 is 5.63 Å². The first-order valence-corrected chi connectivity index (χ1v) is 12.2. The Morgan fingerprint density at radius 1 is 1.08 bits per heavy atom. The molecular weight excluding hydrogens is 493 g/mol. The third-order valence-electron chi connectivity index (χ3n) is 5.79. The van der Waals surface area contributed by atoms with E-state index in [0.29, 0.717) is 22.5 Å². The van der Waals surface area contributed by atoms with E-state index in [9.17, 15) is 22.8 Å². The number of alkyl halides is 3. The topological polar surface area (TPSA) is 76.0 Å². The molecule has 1 atom stereocenters. The summed E-state index contributed by atoms with van der Waals surface area (Å²) >= 11 is 1.26. The van der Waals surface area contributed by atoms with E-state index in [1.54, 1.807) is 42.5 Å². The molecule has 2 aromatic heterocycles. The van der Waals surface area contributed by atoms with Crippen LogP contribution in [0.25, 0.3) is 11.0 Å². The standard InChI is InChI=1S/C26H19F3N2O4S/c27-26(28,29)20-9-3-2-8-18(20)22-13-21(19-12-16-6-1-4-10-23(16)35-25(19)33)30-31(22)24(32)15-36-14-17-7-5-11-34-17/h1-12,22H,13-15H2/t22-/m1/s1. The summed E-state index contributed by atoms with van der Waals surface area (Å²) in [5.74, 6) is 0.579. The van der Waals surface area contributed by atoms with E-state index in [2.05, 4.69) is 5.10 Å². The number of amides is 1. The molecule has 0 aliphatic carbocycles. The second-order valence-corrected chi connectivity index (χ2v) is 9.13. The van der Waals surface area contributed by atoms with Crippen LogP contribution in [0.2, 0.25) is 0 Å². The van der Waals surface area contributed by atoms with Crippen molar-refractivity contribution in [2.45, 2.75) is 24.4 Å². The van der Waals surface area contributed by atoms with Gasteiger partial charge in [0.25, 0.3) is 5.91 Å². The minimum atomic E-state index is -4.62. The van der Waals surface area contributed by atoms with E-state index in [4.69, 9.17) is 8.83 Å². The highest BCUT2D eigenvalue weighted by molar-refractivity contribution is 7.99. The number of benzene rings is 2. The summed E-state index contributed by atoms with van der Waals surface area (Å²) in [5, 5.41) is 6.06. The lowest BCUT2D eigenvalue weighted by Crippen LogP contribution is -2.30. The number of hydrogen-bond donors (Lipinski definition) is 0. The molecule has 3 heterocycles. The smallest absolute Gasteiger partial charge is 0.416 e. The highest BCUT2D eigenvalue weighted by Gasteiger charge is 2.40. The molecule has 1 aliphatic rings. The summed E-state index contributed by atoms with van der Waals surface area (Å²) < 4.78 is 52.1. The molecule has 184 valence electrons. The molecule has 2 aromatic carbocycles. The van der Waals surface area contributed by atoms with Gasteiger partial charge in [-0.1, -0.05) is 36.4 Å². The van der Waals surface area contributed by atoms with Gasteiger partial charge in [0.1, 0.15) is 11.3 Å².